The van der Waals surface area contributed by atoms with Crippen molar-refractivity contribution in [3.05, 3.63) is 11.1 Å². The summed E-state index contributed by atoms with van der Waals surface area (Å²) in [4.78, 5) is 25.0. The highest BCUT2D eigenvalue weighted by atomic mass is 16.5. The number of fused-ring (bicyclic) bond motifs is 6. The Hall–Kier alpha value is -1.12. The molecule has 7 atom stereocenters. The molecular formula is C31H48O3. The van der Waals surface area contributed by atoms with Gasteiger partial charge in [0.15, 0.2) is 0 Å². The van der Waals surface area contributed by atoms with Gasteiger partial charge in [0.25, 0.3) is 0 Å². The highest BCUT2D eigenvalue weighted by Crippen LogP contribution is 2.75. The van der Waals surface area contributed by atoms with Crippen molar-refractivity contribution in [3.63, 3.8) is 0 Å². The van der Waals surface area contributed by atoms with E-state index >= 15 is 0 Å². The number of ketones is 1. The molecule has 190 valence electrons. The van der Waals surface area contributed by atoms with E-state index in [0.717, 1.165) is 19.3 Å². The lowest BCUT2D eigenvalue weighted by Gasteiger charge is -2.71. The second kappa shape index (κ2) is 7.69. The van der Waals surface area contributed by atoms with E-state index in [2.05, 4.69) is 41.5 Å². The Labute approximate surface area is 207 Å². The van der Waals surface area contributed by atoms with Gasteiger partial charge in [0.05, 0.1) is 6.61 Å². The number of Topliss-reactive ketones (excluding diaryl/α,β-unsaturated/α-hetero) is 1. The number of ether oxygens (including phenoxy) is 1. The molecule has 0 bridgehead atoms. The van der Waals surface area contributed by atoms with E-state index in [0.29, 0.717) is 36.1 Å². The molecule has 3 fully saturated rings. The van der Waals surface area contributed by atoms with E-state index in [1.54, 1.807) is 18.1 Å². The largest absolute Gasteiger partial charge is 0.465 e. The number of allylic oxidation sites excluding steroid dienone is 2. The monoisotopic (exact) mass is 468 g/mol. The van der Waals surface area contributed by atoms with Gasteiger partial charge in [-0.2, -0.15) is 0 Å². The van der Waals surface area contributed by atoms with Crippen molar-refractivity contribution < 1.29 is 14.3 Å². The normalized spacial score (nSPS) is 47.7. The molecule has 5 aliphatic carbocycles. The van der Waals surface area contributed by atoms with Gasteiger partial charge in [0, 0.05) is 24.7 Å². The average molecular weight is 469 g/mol. The third kappa shape index (κ3) is 3.20. The van der Waals surface area contributed by atoms with Crippen LogP contribution in [0.2, 0.25) is 0 Å². The summed E-state index contributed by atoms with van der Waals surface area (Å²) < 4.78 is 5.96. The second-order valence-corrected chi connectivity index (χ2v) is 14.6. The molecule has 0 aromatic carbocycles. The summed E-state index contributed by atoms with van der Waals surface area (Å²) in [5.41, 5.74) is 4.49. The predicted molar refractivity (Wildman–Crippen MR) is 136 cm³/mol. The number of carbonyl (C=O) groups is 2. The van der Waals surface area contributed by atoms with Crippen molar-refractivity contribution >= 4 is 11.8 Å². The summed E-state index contributed by atoms with van der Waals surface area (Å²) >= 11 is 0. The maximum absolute atomic E-state index is 12.9. The zero-order valence-electron chi connectivity index (χ0n) is 22.9. The summed E-state index contributed by atoms with van der Waals surface area (Å²) in [6.07, 6.45) is 12.7. The smallest absolute Gasteiger partial charge is 0.302 e. The first-order valence-electron chi connectivity index (χ1n) is 14.2. The molecule has 0 radical (unpaired) electrons. The zero-order chi connectivity index (χ0) is 24.7. The van der Waals surface area contributed by atoms with Crippen LogP contribution in [0.5, 0.6) is 0 Å². The van der Waals surface area contributed by atoms with Gasteiger partial charge in [-0.1, -0.05) is 52.7 Å². The predicted octanol–water partition coefficient (Wildman–Crippen LogP) is 7.67. The lowest BCUT2D eigenvalue weighted by atomic mass is 9.33. The van der Waals surface area contributed by atoms with Gasteiger partial charge >= 0.3 is 5.97 Å². The van der Waals surface area contributed by atoms with Crippen LogP contribution < -0.4 is 0 Å². The summed E-state index contributed by atoms with van der Waals surface area (Å²) in [6, 6.07) is 0. The number of carbonyl (C=O) groups excluding carboxylic acids is 2. The van der Waals surface area contributed by atoms with Gasteiger partial charge in [-0.05, 0) is 97.7 Å². The van der Waals surface area contributed by atoms with Crippen LogP contribution in [-0.4, -0.2) is 18.4 Å². The lowest BCUT2D eigenvalue weighted by Crippen LogP contribution is -2.66. The van der Waals surface area contributed by atoms with Crippen molar-refractivity contribution in [2.24, 2.45) is 44.8 Å². The Balaban J connectivity index is 1.60. The molecule has 7 unspecified atom stereocenters. The number of hydrogen-bond acceptors (Lipinski definition) is 3. The summed E-state index contributed by atoms with van der Waals surface area (Å²) in [7, 11) is 0. The standard InChI is InChI=1S/C31H48O3/c1-20-24(33)8-9-25-28(20,5)14-12-26-30(7)15-11-22-10-13-27(3,4)18-23(22)29(30,6)16-17-31(25,26)19-34-21(2)32/h20,25-26H,8-19H2,1-7H3. The third-order valence-corrected chi connectivity index (χ3v) is 12.8. The van der Waals surface area contributed by atoms with E-state index in [9.17, 15) is 9.59 Å². The topological polar surface area (TPSA) is 43.4 Å². The molecule has 0 heterocycles. The van der Waals surface area contributed by atoms with E-state index < -0.39 is 0 Å². The van der Waals surface area contributed by atoms with Crippen LogP contribution in [0.25, 0.3) is 0 Å². The van der Waals surface area contributed by atoms with Gasteiger partial charge in [-0.3, -0.25) is 9.59 Å². The van der Waals surface area contributed by atoms with E-state index in [1.807, 2.05) is 0 Å². The SMILES string of the molecule is CC(=O)OCC12CCC3(C)C4=C(CCC(C)(C)C4)CCC3(C)C1CCC1(C)C(C)C(=O)CCC12. The Kier molecular flexibility index (Phi) is 5.56. The summed E-state index contributed by atoms with van der Waals surface area (Å²) in [5, 5.41) is 0. The number of hydrogen-bond donors (Lipinski definition) is 0. The lowest BCUT2D eigenvalue weighted by molar-refractivity contribution is -0.225. The minimum Gasteiger partial charge on any atom is -0.465 e. The molecule has 3 nitrogen and oxygen atoms in total. The fraction of sp³-hybridized carbons (Fsp3) is 0.871. The molecule has 5 aliphatic rings. The van der Waals surface area contributed by atoms with E-state index in [1.165, 1.54) is 44.9 Å². The molecule has 0 spiro atoms. The summed E-state index contributed by atoms with van der Waals surface area (Å²) in [6.45, 7) is 16.9. The van der Waals surface area contributed by atoms with Gasteiger partial charge in [0.2, 0.25) is 0 Å². The first-order chi connectivity index (χ1) is 15.8. The first-order valence-corrected chi connectivity index (χ1v) is 14.2. The first kappa shape index (κ1) is 24.6. The molecule has 0 saturated heterocycles. The zero-order valence-corrected chi connectivity index (χ0v) is 22.9. The fourth-order valence-corrected chi connectivity index (χ4v) is 10.3. The molecule has 0 amide bonds. The van der Waals surface area contributed by atoms with Crippen LogP contribution in [0.1, 0.15) is 119 Å². The highest BCUT2D eigenvalue weighted by Gasteiger charge is 2.69. The Morgan fingerprint density at radius 2 is 1.62 bits per heavy atom. The average Bonchev–Trinajstić information content (AvgIpc) is 2.76. The maximum Gasteiger partial charge on any atom is 0.302 e. The van der Waals surface area contributed by atoms with Crippen LogP contribution in [-0.2, 0) is 14.3 Å². The minimum absolute atomic E-state index is 0.00411. The molecule has 0 aliphatic heterocycles. The van der Waals surface area contributed by atoms with E-state index in [4.69, 9.17) is 4.74 Å². The van der Waals surface area contributed by atoms with Crippen LogP contribution in [0.3, 0.4) is 0 Å². The number of rotatable bonds is 2. The van der Waals surface area contributed by atoms with Crippen molar-refractivity contribution in [3.8, 4) is 0 Å². The fourth-order valence-electron chi connectivity index (χ4n) is 10.3. The molecule has 0 N–H and O–H groups in total. The van der Waals surface area contributed by atoms with Gasteiger partial charge < -0.3 is 4.74 Å². The van der Waals surface area contributed by atoms with Crippen molar-refractivity contribution in [2.75, 3.05) is 6.61 Å². The van der Waals surface area contributed by atoms with Crippen molar-refractivity contribution in [1.82, 2.24) is 0 Å². The third-order valence-electron chi connectivity index (χ3n) is 12.8. The molecule has 34 heavy (non-hydrogen) atoms. The molecule has 3 saturated carbocycles. The Bertz CT molecular complexity index is 929. The minimum atomic E-state index is -0.151. The van der Waals surface area contributed by atoms with Crippen LogP contribution >= 0.6 is 0 Å². The Morgan fingerprint density at radius 1 is 0.912 bits per heavy atom. The second-order valence-electron chi connectivity index (χ2n) is 14.6. The van der Waals surface area contributed by atoms with Gasteiger partial charge in [0.1, 0.15) is 5.78 Å². The molecule has 5 rings (SSSR count). The van der Waals surface area contributed by atoms with Crippen LogP contribution in [0.4, 0.5) is 0 Å². The maximum atomic E-state index is 12.9. The molecular weight excluding hydrogens is 420 g/mol. The molecule has 0 aromatic heterocycles. The van der Waals surface area contributed by atoms with Gasteiger partial charge in [-0.25, -0.2) is 0 Å². The Morgan fingerprint density at radius 3 is 2.32 bits per heavy atom. The molecule has 3 heteroatoms. The molecule has 0 aromatic rings. The van der Waals surface area contributed by atoms with Crippen LogP contribution in [0, 0.1) is 44.8 Å². The van der Waals surface area contributed by atoms with Crippen LogP contribution in [0.15, 0.2) is 11.1 Å². The van der Waals surface area contributed by atoms with Crippen molar-refractivity contribution in [2.45, 2.75) is 119 Å². The quantitative estimate of drug-likeness (QED) is 0.308. The summed E-state index contributed by atoms with van der Waals surface area (Å²) in [5.74, 6) is 1.42. The van der Waals surface area contributed by atoms with E-state index in [-0.39, 0.29) is 33.5 Å². The van der Waals surface area contributed by atoms with Gasteiger partial charge in [-0.15, -0.1) is 0 Å². The highest BCUT2D eigenvalue weighted by molar-refractivity contribution is 5.82. The number of esters is 1. The van der Waals surface area contributed by atoms with Crippen molar-refractivity contribution in [1.29, 1.82) is 0 Å².